The van der Waals surface area contributed by atoms with Gasteiger partial charge in [0.1, 0.15) is 5.84 Å². The van der Waals surface area contributed by atoms with Crippen LogP contribution in [0.2, 0.25) is 0 Å². The van der Waals surface area contributed by atoms with Crippen molar-refractivity contribution in [3.63, 3.8) is 0 Å². The molecule has 17 heavy (non-hydrogen) atoms. The smallest absolute Gasteiger partial charge is 0.140 e. The summed E-state index contributed by atoms with van der Waals surface area (Å²) in [6.07, 6.45) is 7.00. The SMILES string of the molecule is CCC(C/C(N)=N/O)N(C)C1CCCCC1C. The summed E-state index contributed by atoms with van der Waals surface area (Å²) >= 11 is 0. The molecule has 100 valence electrons. The Hall–Kier alpha value is -0.770. The van der Waals surface area contributed by atoms with Crippen LogP contribution in [0.5, 0.6) is 0 Å². The summed E-state index contributed by atoms with van der Waals surface area (Å²) in [5, 5.41) is 11.8. The van der Waals surface area contributed by atoms with Crippen molar-refractivity contribution in [2.24, 2.45) is 16.8 Å². The number of hydrogen-bond donors (Lipinski definition) is 2. The standard InChI is InChI=1S/C13H27N3O/c1-4-11(9-13(14)15-17)16(3)12-8-6-5-7-10(12)2/h10-12,17H,4-9H2,1-3H3,(H2,14,15). The first kappa shape index (κ1) is 14.3. The van der Waals surface area contributed by atoms with E-state index in [1.807, 2.05) is 0 Å². The zero-order chi connectivity index (χ0) is 12.8. The highest BCUT2D eigenvalue weighted by molar-refractivity contribution is 5.80. The van der Waals surface area contributed by atoms with Gasteiger partial charge >= 0.3 is 0 Å². The number of nitrogens with zero attached hydrogens (tertiary/aromatic N) is 2. The molecule has 0 bridgehead atoms. The Morgan fingerprint density at radius 2 is 2.12 bits per heavy atom. The molecule has 0 saturated heterocycles. The number of nitrogens with two attached hydrogens (primary N) is 1. The largest absolute Gasteiger partial charge is 0.409 e. The highest BCUT2D eigenvalue weighted by atomic mass is 16.4. The van der Waals surface area contributed by atoms with Crippen LogP contribution in [-0.4, -0.2) is 35.1 Å². The average Bonchev–Trinajstić information content (AvgIpc) is 2.35. The van der Waals surface area contributed by atoms with Gasteiger partial charge in [0, 0.05) is 18.5 Å². The van der Waals surface area contributed by atoms with Gasteiger partial charge in [0.15, 0.2) is 0 Å². The maximum absolute atomic E-state index is 8.67. The number of oxime groups is 1. The second kappa shape index (κ2) is 6.84. The molecule has 0 radical (unpaired) electrons. The van der Waals surface area contributed by atoms with Gasteiger partial charge in [0.2, 0.25) is 0 Å². The average molecular weight is 241 g/mol. The van der Waals surface area contributed by atoms with E-state index in [9.17, 15) is 0 Å². The minimum absolute atomic E-state index is 0.340. The number of amidine groups is 1. The van der Waals surface area contributed by atoms with Gasteiger partial charge in [-0.2, -0.15) is 0 Å². The highest BCUT2D eigenvalue weighted by Crippen LogP contribution is 2.29. The van der Waals surface area contributed by atoms with Gasteiger partial charge in [-0.1, -0.05) is 31.8 Å². The van der Waals surface area contributed by atoms with Crippen molar-refractivity contribution < 1.29 is 5.21 Å². The van der Waals surface area contributed by atoms with Gasteiger partial charge in [-0.05, 0) is 32.2 Å². The second-order valence-electron chi connectivity index (χ2n) is 5.35. The van der Waals surface area contributed by atoms with E-state index in [1.54, 1.807) is 0 Å². The van der Waals surface area contributed by atoms with E-state index in [2.05, 4.69) is 31.0 Å². The van der Waals surface area contributed by atoms with Crippen LogP contribution >= 0.6 is 0 Å². The fourth-order valence-corrected chi connectivity index (χ4v) is 3.03. The first-order valence-corrected chi connectivity index (χ1v) is 6.78. The molecule has 1 fully saturated rings. The van der Waals surface area contributed by atoms with Gasteiger partial charge in [-0.25, -0.2) is 0 Å². The lowest BCUT2D eigenvalue weighted by atomic mass is 9.84. The van der Waals surface area contributed by atoms with Crippen molar-refractivity contribution >= 4 is 5.84 Å². The highest BCUT2D eigenvalue weighted by Gasteiger charge is 2.28. The molecule has 1 rings (SSSR count). The molecule has 1 saturated carbocycles. The van der Waals surface area contributed by atoms with E-state index in [1.165, 1.54) is 25.7 Å². The zero-order valence-electron chi connectivity index (χ0n) is 11.4. The lowest BCUT2D eigenvalue weighted by Gasteiger charge is -2.40. The fourth-order valence-electron chi connectivity index (χ4n) is 3.03. The molecule has 3 unspecified atom stereocenters. The van der Waals surface area contributed by atoms with Crippen LogP contribution < -0.4 is 5.73 Å². The molecule has 0 amide bonds. The van der Waals surface area contributed by atoms with Crippen LogP contribution in [0.3, 0.4) is 0 Å². The van der Waals surface area contributed by atoms with E-state index in [4.69, 9.17) is 10.9 Å². The maximum Gasteiger partial charge on any atom is 0.140 e. The molecule has 0 aromatic rings. The molecule has 1 aliphatic rings. The third-order valence-corrected chi connectivity index (χ3v) is 4.21. The Morgan fingerprint density at radius 1 is 1.47 bits per heavy atom. The second-order valence-corrected chi connectivity index (χ2v) is 5.35. The molecule has 1 aliphatic carbocycles. The minimum Gasteiger partial charge on any atom is -0.409 e. The van der Waals surface area contributed by atoms with Gasteiger partial charge in [0.05, 0.1) is 0 Å². The third-order valence-electron chi connectivity index (χ3n) is 4.21. The predicted octanol–water partition coefficient (Wildman–Crippen LogP) is 2.41. The zero-order valence-corrected chi connectivity index (χ0v) is 11.4. The molecular formula is C13H27N3O. The van der Waals surface area contributed by atoms with Gasteiger partial charge in [-0.15, -0.1) is 0 Å². The summed E-state index contributed by atoms with van der Waals surface area (Å²) in [4.78, 5) is 2.45. The Balaban J connectivity index is 2.60. The Bertz CT molecular complexity index is 255. The predicted molar refractivity (Wildman–Crippen MR) is 71.3 cm³/mol. The Labute approximate surface area is 105 Å². The quantitative estimate of drug-likeness (QED) is 0.336. The monoisotopic (exact) mass is 241 g/mol. The van der Waals surface area contributed by atoms with Gasteiger partial charge in [-0.3, -0.25) is 4.90 Å². The molecule has 0 spiro atoms. The van der Waals surface area contributed by atoms with Gasteiger partial charge in [0.25, 0.3) is 0 Å². The van der Waals surface area contributed by atoms with Crippen LogP contribution in [0.1, 0.15) is 52.4 Å². The summed E-state index contributed by atoms with van der Waals surface area (Å²) in [5.41, 5.74) is 5.62. The van der Waals surface area contributed by atoms with Crippen LogP contribution in [0.25, 0.3) is 0 Å². The van der Waals surface area contributed by atoms with Crippen molar-refractivity contribution in [1.29, 1.82) is 0 Å². The van der Waals surface area contributed by atoms with E-state index < -0.39 is 0 Å². The van der Waals surface area contributed by atoms with Crippen LogP contribution in [0, 0.1) is 5.92 Å². The van der Waals surface area contributed by atoms with Crippen molar-refractivity contribution in [3.8, 4) is 0 Å². The summed E-state index contributed by atoms with van der Waals surface area (Å²) < 4.78 is 0. The molecule has 0 aliphatic heterocycles. The molecule has 0 aromatic carbocycles. The number of hydrogen-bond acceptors (Lipinski definition) is 3. The molecule has 3 atom stereocenters. The van der Waals surface area contributed by atoms with E-state index in [-0.39, 0.29) is 0 Å². The van der Waals surface area contributed by atoms with Crippen molar-refractivity contribution in [2.75, 3.05) is 7.05 Å². The summed E-state index contributed by atoms with van der Waals surface area (Å²) in [5.74, 6) is 1.10. The van der Waals surface area contributed by atoms with Crippen LogP contribution in [0.15, 0.2) is 5.16 Å². The Morgan fingerprint density at radius 3 is 2.65 bits per heavy atom. The maximum atomic E-state index is 8.67. The molecule has 4 nitrogen and oxygen atoms in total. The Kier molecular flexibility index (Phi) is 5.75. The molecule has 0 heterocycles. The molecule has 4 heteroatoms. The summed E-state index contributed by atoms with van der Waals surface area (Å²) in [6, 6.07) is 1.04. The third kappa shape index (κ3) is 3.87. The first-order chi connectivity index (χ1) is 8.10. The fraction of sp³-hybridized carbons (Fsp3) is 0.923. The van der Waals surface area contributed by atoms with Crippen molar-refractivity contribution in [2.45, 2.75) is 64.5 Å². The van der Waals surface area contributed by atoms with Gasteiger partial charge < -0.3 is 10.9 Å². The first-order valence-electron chi connectivity index (χ1n) is 6.78. The minimum atomic E-state index is 0.340. The van der Waals surface area contributed by atoms with E-state index in [0.717, 1.165) is 12.3 Å². The molecular weight excluding hydrogens is 214 g/mol. The van der Waals surface area contributed by atoms with Crippen molar-refractivity contribution in [3.05, 3.63) is 0 Å². The lowest BCUT2D eigenvalue weighted by Crippen LogP contribution is -2.46. The van der Waals surface area contributed by atoms with Crippen molar-refractivity contribution in [1.82, 2.24) is 4.90 Å². The molecule has 3 N–H and O–H groups in total. The number of rotatable bonds is 5. The molecule has 0 aromatic heterocycles. The summed E-state index contributed by atoms with van der Waals surface area (Å²) in [7, 11) is 2.19. The van der Waals surface area contributed by atoms with E-state index >= 15 is 0 Å². The van der Waals surface area contributed by atoms with Crippen LogP contribution in [-0.2, 0) is 0 Å². The lowest BCUT2D eigenvalue weighted by molar-refractivity contribution is 0.0963. The van der Waals surface area contributed by atoms with E-state index in [0.29, 0.717) is 24.3 Å². The normalized spacial score (nSPS) is 28.4. The topological polar surface area (TPSA) is 61.9 Å². The summed E-state index contributed by atoms with van der Waals surface area (Å²) in [6.45, 7) is 4.51. The van der Waals surface area contributed by atoms with Crippen LogP contribution in [0.4, 0.5) is 0 Å².